The van der Waals surface area contributed by atoms with E-state index in [1.807, 2.05) is 36.4 Å². The van der Waals surface area contributed by atoms with Crippen molar-refractivity contribution in [2.75, 3.05) is 54.2 Å². The molecule has 1 fully saturated rings. The Labute approximate surface area is 199 Å². The topological polar surface area (TPSA) is 79.4 Å². The number of aromatic nitrogens is 1. The fourth-order valence-corrected chi connectivity index (χ4v) is 4.21. The molecular formula is C26H30N2O6. The van der Waals surface area contributed by atoms with Gasteiger partial charge in [0.15, 0.2) is 11.5 Å². The number of carbonyl (C=O) groups is 1. The molecule has 0 bridgehead atoms. The van der Waals surface area contributed by atoms with E-state index in [-0.39, 0.29) is 6.61 Å². The van der Waals surface area contributed by atoms with Crippen LogP contribution in [-0.2, 0) is 16.0 Å². The molecule has 1 aliphatic heterocycles. The summed E-state index contributed by atoms with van der Waals surface area (Å²) in [7, 11) is 4.80. The quantitative estimate of drug-likeness (QED) is 0.462. The molecule has 8 heteroatoms. The molecule has 180 valence electrons. The number of nitrogens with zero attached hydrogens (tertiary/aromatic N) is 2. The Morgan fingerprint density at radius 2 is 1.68 bits per heavy atom. The molecule has 0 radical (unpaired) electrons. The average molecular weight is 467 g/mol. The summed E-state index contributed by atoms with van der Waals surface area (Å²) in [6, 6.07) is 11.3. The summed E-state index contributed by atoms with van der Waals surface area (Å²) in [6.45, 7) is 5.41. The van der Waals surface area contributed by atoms with Crippen LogP contribution in [0.2, 0.25) is 0 Å². The van der Waals surface area contributed by atoms with E-state index in [1.165, 1.54) is 0 Å². The normalized spacial score (nSPS) is 14.1. The number of rotatable bonds is 8. The molecule has 2 heterocycles. The highest BCUT2D eigenvalue weighted by atomic mass is 16.5. The van der Waals surface area contributed by atoms with Gasteiger partial charge in [-0.3, -0.25) is 9.88 Å². The summed E-state index contributed by atoms with van der Waals surface area (Å²) in [5.41, 5.74) is 3.42. The van der Waals surface area contributed by atoms with Crippen molar-refractivity contribution in [3.63, 3.8) is 0 Å². The van der Waals surface area contributed by atoms with Crippen LogP contribution in [0.3, 0.4) is 0 Å². The molecule has 8 nitrogen and oxygen atoms in total. The van der Waals surface area contributed by atoms with E-state index >= 15 is 0 Å². The Morgan fingerprint density at radius 1 is 1.00 bits per heavy atom. The highest BCUT2D eigenvalue weighted by molar-refractivity contribution is 6.08. The number of morpholine rings is 1. The van der Waals surface area contributed by atoms with Crippen molar-refractivity contribution in [1.82, 2.24) is 9.88 Å². The van der Waals surface area contributed by atoms with Crippen molar-refractivity contribution in [2.24, 2.45) is 0 Å². The Bertz CT molecular complexity index is 1160. The van der Waals surface area contributed by atoms with Gasteiger partial charge in [-0.1, -0.05) is 12.1 Å². The van der Waals surface area contributed by atoms with Gasteiger partial charge in [0.1, 0.15) is 5.75 Å². The fraction of sp³-hybridized carbons (Fsp3) is 0.385. The van der Waals surface area contributed by atoms with E-state index in [9.17, 15) is 4.79 Å². The van der Waals surface area contributed by atoms with Crippen LogP contribution in [0, 0.1) is 0 Å². The third-order valence-corrected chi connectivity index (χ3v) is 5.90. The molecule has 1 saturated heterocycles. The molecule has 34 heavy (non-hydrogen) atoms. The van der Waals surface area contributed by atoms with E-state index in [0.717, 1.165) is 35.4 Å². The number of hydrogen-bond donors (Lipinski definition) is 0. The van der Waals surface area contributed by atoms with Gasteiger partial charge in [0.05, 0.1) is 57.9 Å². The highest BCUT2D eigenvalue weighted by Gasteiger charge is 2.26. The smallest absolute Gasteiger partial charge is 0.340 e. The lowest BCUT2D eigenvalue weighted by Gasteiger charge is -2.27. The number of benzene rings is 2. The largest absolute Gasteiger partial charge is 0.497 e. The van der Waals surface area contributed by atoms with Gasteiger partial charge in [0.25, 0.3) is 0 Å². The van der Waals surface area contributed by atoms with Crippen LogP contribution in [0.25, 0.3) is 22.0 Å². The molecule has 1 aliphatic rings. The Kier molecular flexibility index (Phi) is 7.49. The minimum absolute atomic E-state index is 0.266. The standard InChI is InChI=1S/C26H30N2O6/c1-5-34-26(29)25-21(16-28-10-12-33-13-11-28)27-20-15-23(32-4)22(31-3)14-19(20)24(25)17-6-8-18(30-2)9-7-17/h6-9,14-15H,5,10-13,16H2,1-4H3. The maximum Gasteiger partial charge on any atom is 0.340 e. The van der Waals surface area contributed by atoms with Gasteiger partial charge in [0.2, 0.25) is 0 Å². The van der Waals surface area contributed by atoms with Gasteiger partial charge in [-0.15, -0.1) is 0 Å². The van der Waals surface area contributed by atoms with E-state index in [4.69, 9.17) is 28.7 Å². The molecule has 3 aromatic rings. The SMILES string of the molecule is CCOC(=O)c1c(CN2CCOCC2)nc2cc(OC)c(OC)cc2c1-c1ccc(OC)cc1. The first kappa shape index (κ1) is 23.8. The second-order valence-electron chi connectivity index (χ2n) is 7.87. The predicted octanol–water partition coefficient (Wildman–Crippen LogP) is 3.94. The minimum atomic E-state index is -0.402. The molecule has 4 rings (SSSR count). The molecular weight excluding hydrogens is 436 g/mol. The monoisotopic (exact) mass is 466 g/mol. The van der Waals surface area contributed by atoms with Gasteiger partial charge < -0.3 is 23.7 Å². The van der Waals surface area contributed by atoms with Gasteiger partial charge in [-0.2, -0.15) is 0 Å². The van der Waals surface area contributed by atoms with Gasteiger partial charge in [-0.25, -0.2) is 4.79 Å². The molecule has 0 aliphatic carbocycles. The first-order valence-electron chi connectivity index (χ1n) is 11.3. The van der Waals surface area contributed by atoms with Crippen LogP contribution in [0.5, 0.6) is 17.2 Å². The molecule has 0 saturated carbocycles. The van der Waals surface area contributed by atoms with E-state index in [0.29, 0.717) is 48.0 Å². The van der Waals surface area contributed by atoms with Crippen LogP contribution in [0.4, 0.5) is 0 Å². The Hall–Kier alpha value is -3.36. The molecule has 2 aromatic carbocycles. The first-order chi connectivity index (χ1) is 16.6. The number of ether oxygens (including phenoxy) is 5. The molecule has 0 spiro atoms. The second kappa shape index (κ2) is 10.7. The molecule has 0 unspecified atom stereocenters. The number of esters is 1. The lowest BCUT2D eigenvalue weighted by atomic mass is 9.93. The zero-order valence-electron chi connectivity index (χ0n) is 20.1. The van der Waals surface area contributed by atoms with E-state index < -0.39 is 5.97 Å². The van der Waals surface area contributed by atoms with Crippen LogP contribution < -0.4 is 14.2 Å². The fourth-order valence-electron chi connectivity index (χ4n) is 4.21. The summed E-state index contributed by atoms with van der Waals surface area (Å²) < 4.78 is 27.4. The highest BCUT2D eigenvalue weighted by Crippen LogP contribution is 2.40. The predicted molar refractivity (Wildman–Crippen MR) is 129 cm³/mol. The van der Waals surface area contributed by atoms with Gasteiger partial charge >= 0.3 is 5.97 Å². The molecule has 0 atom stereocenters. The van der Waals surface area contributed by atoms with Crippen molar-refractivity contribution < 1.29 is 28.5 Å². The third kappa shape index (κ3) is 4.78. The van der Waals surface area contributed by atoms with E-state index in [1.54, 1.807) is 28.3 Å². The molecule has 0 N–H and O–H groups in total. The second-order valence-corrected chi connectivity index (χ2v) is 7.87. The van der Waals surface area contributed by atoms with Crippen molar-refractivity contribution in [1.29, 1.82) is 0 Å². The summed E-state index contributed by atoms with van der Waals surface area (Å²) >= 11 is 0. The maximum atomic E-state index is 13.4. The summed E-state index contributed by atoms with van der Waals surface area (Å²) in [5, 5.41) is 0.775. The third-order valence-electron chi connectivity index (χ3n) is 5.90. The number of pyridine rings is 1. The van der Waals surface area contributed by atoms with Gasteiger partial charge in [-0.05, 0) is 30.7 Å². The van der Waals surface area contributed by atoms with Gasteiger partial charge in [0, 0.05) is 36.7 Å². The van der Waals surface area contributed by atoms with Crippen LogP contribution in [-0.4, -0.2) is 70.1 Å². The molecule has 1 aromatic heterocycles. The minimum Gasteiger partial charge on any atom is -0.497 e. The summed E-state index contributed by atoms with van der Waals surface area (Å²) in [4.78, 5) is 20.5. The number of carbonyl (C=O) groups excluding carboxylic acids is 1. The van der Waals surface area contributed by atoms with Crippen LogP contribution >= 0.6 is 0 Å². The van der Waals surface area contributed by atoms with E-state index in [2.05, 4.69) is 4.90 Å². The van der Waals surface area contributed by atoms with Crippen LogP contribution in [0.1, 0.15) is 23.0 Å². The lowest BCUT2D eigenvalue weighted by Crippen LogP contribution is -2.36. The number of fused-ring (bicyclic) bond motifs is 1. The Morgan fingerprint density at radius 3 is 2.29 bits per heavy atom. The van der Waals surface area contributed by atoms with Crippen molar-refractivity contribution in [3.05, 3.63) is 47.7 Å². The average Bonchev–Trinajstić information content (AvgIpc) is 2.88. The zero-order chi connectivity index (χ0) is 24.1. The molecule has 0 amide bonds. The first-order valence-corrected chi connectivity index (χ1v) is 11.3. The Balaban J connectivity index is 2.01. The number of hydrogen-bond acceptors (Lipinski definition) is 8. The van der Waals surface area contributed by atoms with Crippen LogP contribution in [0.15, 0.2) is 36.4 Å². The van der Waals surface area contributed by atoms with Crippen molar-refractivity contribution >= 4 is 16.9 Å². The maximum absolute atomic E-state index is 13.4. The zero-order valence-corrected chi connectivity index (χ0v) is 20.1. The number of methoxy groups -OCH3 is 3. The van der Waals surface area contributed by atoms with Crippen molar-refractivity contribution in [2.45, 2.75) is 13.5 Å². The van der Waals surface area contributed by atoms with Crippen molar-refractivity contribution in [3.8, 4) is 28.4 Å². The summed E-state index contributed by atoms with van der Waals surface area (Å²) in [5.74, 6) is 1.46. The lowest BCUT2D eigenvalue weighted by molar-refractivity contribution is 0.0331. The summed E-state index contributed by atoms with van der Waals surface area (Å²) in [6.07, 6.45) is 0.